The van der Waals surface area contributed by atoms with Crippen molar-refractivity contribution in [3.63, 3.8) is 0 Å². The molecule has 0 saturated carbocycles. The van der Waals surface area contributed by atoms with Gasteiger partial charge in [-0.25, -0.2) is 0 Å². The molecule has 0 rings (SSSR count). The van der Waals surface area contributed by atoms with Crippen LogP contribution in [0.5, 0.6) is 0 Å². The molecule has 18 heavy (non-hydrogen) atoms. The molecule has 0 fully saturated rings. The summed E-state index contributed by atoms with van der Waals surface area (Å²) in [6, 6.07) is 0. The van der Waals surface area contributed by atoms with Crippen molar-refractivity contribution in [1.82, 2.24) is 0 Å². The van der Waals surface area contributed by atoms with Crippen molar-refractivity contribution in [2.75, 3.05) is 0 Å². The van der Waals surface area contributed by atoms with Gasteiger partial charge < -0.3 is 20.9 Å². The fourth-order valence-corrected chi connectivity index (χ4v) is 6.00. The normalized spacial score (nSPS) is 10.3. The SMILES string of the molecule is CC(C)O.CC(C)[Si](O)(C(C)C)C(C)C.O.O.[Ti]. The third kappa shape index (κ3) is 11.8. The summed E-state index contributed by atoms with van der Waals surface area (Å²) < 4.78 is 0. The quantitative estimate of drug-likeness (QED) is 0.776. The Bertz CT molecular complexity index is 140. The summed E-state index contributed by atoms with van der Waals surface area (Å²) in [5, 5.41) is 8.06. The summed E-state index contributed by atoms with van der Waals surface area (Å²) in [6.07, 6.45) is -0.167. The van der Waals surface area contributed by atoms with Gasteiger partial charge in [-0.1, -0.05) is 41.5 Å². The molecule has 0 aliphatic rings. The van der Waals surface area contributed by atoms with Gasteiger partial charge >= 0.3 is 0 Å². The summed E-state index contributed by atoms with van der Waals surface area (Å²) in [5.74, 6) is 0. The second-order valence-corrected chi connectivity index (χ2v) is 10.7. The third-order valence-electron chi connectivity index (χ3n) is 2.77. The van der Waals surface area contributed by atoms with Crippen LogP contribution in [0.4, 0.5) is 0 Å². The van der Waals surface area contributed by atoms with Crippen LogP contribution in [0.2, 0.25) is 16.6 Å². The topological polar surface area (TPSA) is 103 Å². The van der Waals surface area contributed by atoms with Crippen LogP contribution < -0.4 is 0 Å². The average molecular weight is 318 g/mol. The van der Waals surface area contributed by atoms with Crippen molar-refractivity contribution in [2.45, 2.75) is 78.1 Å². The van der Waals surface area contributed by atoms with Crippen molar-refractivity contribution < 1.29 is 42.6 Å². The van der Waals surface area contributed by atoms with Gasteiger partial charge in [0.1, 0.15) is 0 Å². The molecule has 0 aromatic rings. The van der Waals surface area contributed by atoms with E-state index in [1.165, 1.54) is 0 Å². The number of hydrogen-bond acceptors (Lipinski definition) is 2. The first-order valence-electron chi connectivity index (χ1n) is 5.97. The predicted octanol–water partition coefficient (Wildman–Crippen LogP) is 1.89. The molecule has 0 saturated heterocycles. The number of aliphatic hydroxyl groups is 1. The Balaban J connectivity index is -0.0000000712. The van der Waals surface area contributed by atoms with Gasteiger partial charge in [0.15, 0.2) is 8.32 Å². The van der Waals surface area contributed by atoms with Gasteiger partial charge in [0.25, 0.3) is 0 Å². The van der Waals surface area contributed by atoms with Gasteiger partial charge in [-0.3, -0.25) is 0 Å². The molecule has 0 aliphatic carbocycles. The van der Waals surface area contributed by atoms with Gasteiger partial charge in [-0.15, -0.1) is 0 Å². The number of rotatable bonds is 3. The van der Waals surface area contributed by atoms with Crippen LogP contribution in [-0.2, 0) is 21.7 Å². The Morgan fingerprint density at radius 2 is 0.778 bits per heavy atom. The minimum absolute atomic E-state index is 0. The smallest absolute Gasteiger partial charge is 0.196 e. The van der Waals surface area contributed by atoms with Crippen LogP contribution in [-0.4, -0.2) is 35.3 Å². The van der Waals surface area contributed by atoms with Crippen LogP contribution in [0.1, 0.15) is 55.4 Å². The fourth-order valence-electron chi connectivity index (χ4n) is 2.00. The van der Waals surface area contributed by atoms with Crippen molar-refractivity contribution in [1.29, 1.82) is 0 Å². The minimum Gasteiger partial charge on any atom is -0.431 e. The van der Waals surface area contributed by atoms with E-state index in [0.717, 1.165) is 0 Å². The van der Waals surface area contributed by atoms with Gasteiger partial charge in [0.05, 0.1) is 0 Å². The Kier molecular flexibility index (Phi) is 24.6. The Hall–Kier alpha value is 0.771. The monoisotopic (exact) mass is 318 g/mol. The standard InChI is InChI=1S/C9H22OSi.C3H8O.2H2O.Ti/c1-7(2)11(10,8(3)4)9(5)6;1-3(2)4;;;/h7-10H,1-6H3;3-4H,1-2H3;2*1H2;. The molecule has 0 aliphatic heterocycles. The molecule has 0 aromatic heterocycles. The molecule has 0 heterocycles. The third-order valence-corrected chi connectivity index (χ3v) is 8.32. The van der Waals surface area contributed by atoms with E-state index in [1.54, 1.807) is 13.8 Å². The molecule has 0 amide bonds. The largest absolute Gasteiger partial charge is 0.431 e. The molecular weight excluding hydrogens is 284 g/mol. The van der Waals surface area contributed by atoms with E-state index in [0.29, 0.717) is 16.6 Å². The summed E-state index contributed by atoms with van der Waals surface area (Å²) in [6.45, 7) is 16.3. The van der Waals surface area contributed by atoms with Crippen molar-refractivity contribution in [3.05, 3.63) is 0 Å². The summed E-state index contributed by atoms with van der Waals surface area (Å²) in [4.78, 5) is 10.4. The van der Waals surface area contributed by atoms with Gasteiger partial charge in [-0.05, 0) is 30.5 Å². The predicted molar refractivity (Wildman–Crippen MR) is 77.8 cm³/mol. The maximum absolute atomic E-state index is 10.4. The summed E-state index contributed by atoms with van der Waals surface area (Å²) in [5.41, 5.74) is 1.42. The van der Waals surface area contributed by atoms with Crippen molar-refractivity contribution in [2.24, 2.45) is 0 Å². The zero-order valence-corrected chi connectivity index (χ0v) is 15.8. The van der Waals surface area contributed by atoms with Gasteiger partial charge in [0.2, 0.25) is 0 Å². The zero-order valence-electron chi connectivity index (χ0n) is 13.2. The fraction of sp³-hybridized carbons (Fsp3) is 1.00. The van der Waals surface area contributed by atoms with E-state index in [9.17, 15) is 4.80 Å². The molecule has 6 heteroatoms. The first kappa shape index (κ1) is 31.3. The van der Waals surface area contributed by atoms with E-state index in [4.69, 9.17) is 5.11 Å². The maximum Gasteiger partial charge on any atom is 0.196 e. The molecular formula is C12H34O4SiTi. The van der Waals surface area contributed by atoms with Crippen molar-refractivity contribution in [3.8, 4) is 0 Å². The molecule has 0 bridgehead atoms. The molecule has 6 N–H and O–H groups in total. The second-order valence-electron chi connectivity index (χ2n) is 5.45. The second kappa shape index (κ2) is 14.2. The first-order chi connectivity index (χ1) is 6.56. The van der Waals surface area contributed by atoms with Gasteiger partial charge in [-0.2, -0.15) is 0 Å². The van der Waals surface area contributed by atoms with E-state index in [-0.39, 0.29) is 38.8 Å². The first-order valence-corrected chi connectivity index (χ1v) is 8.15. The van der Waals surface area contributed by atoms with Crippen LogP contribution in [0.15, 0.2) is 0 Å². The molecule has 0 radical (unpaired) electrons. The van der Waals surface area contributed by atoms with Crippen LogP contribution in [0.25, 0.3) is 0 Å². The minimum atomic E-state index is -1.98. The molecule has 114 valence electrons. The van der Waals surface area contributed by atoms with Gasteiger partial charge in [0, 0.05) is 27.8 Å². The van der Waals surface area contributed by atoms with Crippen LogP contribution >= 0.6 is 0 Å². The van der Waals surface area contributed by atoms with Crippen molar-refractivity contribution >= 4 is 8.32 Å². The Labute approximate surface area is 129 Å². The molecule has 0 aromatic carbocycles. The Morgan fingerprint density at radius 1 is 0.667 bits per heavy atom. The van der Waals surface area contributed by atoms with E-state index in [2.05, 4.69) is 41.5 Å². The summed E-state index contributed by atoms with van der Waals surface area (Å²) in [7, 11) is -1.98. The molecule has 4 nitrogen and oxygen atoms in total. The van der Waals surface area contributed by atoms with E-state index < -0.39 is 8.32 Å². The van der Waals surface area contributed by atoms with Crippen LogP contribution in [0, 0.1) is 0 Å². The number of hydrogen-bond donors (Lipinski definition) is 2. The molecule has 0 spiro atoms. The zero-order chi connectivity index (χ0) is 12.8. The molecule has 0 atom stereocenters. The van der Waals surface area contributed by atoms with E-state index >= 15 is 0 Å². The Morgan fingerprint density at radius 3 is 0.778 bits per heavy atom. The number of aliphatic hydroxyl groups excluding tert-OH is 1. The molecule has 0 unspecified atom stereocenters. The van der Waals surface area contributed by atoms with E-state index in [1.807, 2.05) is 0 Å². The summed E-state index contributed by atoms with van der Waals surface area (Å²) >= 11 is 0. The van der Waals surface area contributed by atoms with Crippen LogP contribution in [0.3, 0.4) is 0 Å². The maximum atomic E-state index is 10.4. The average Bonchev–Trinajstić information content (AvgIpc) is 2.00.